The molecule has 14 heavy (non-hydrogen) atoms. The fraction of sp³-hybridized carbons (Fsp3) is 0.231. The van der Waals surface area contributed by atoms with E-state index >= 15 is 0 Å². The third kappa shape index (κ3) is 2.71. The molecule has 0 radical (unpaired) electrons. The van der Waals surface area contributed by atoms with Crippen molar-refractivity contribution in [1.82, 2.24) is 0 Å². The van der Waals surface area contributed by atoms with Crippen LogP contribution in [0.5, 0.6) is 0 Å². The van der Waals surface area contributed by atoms with Crippen LogP contribution in [0, 0.1) is 0 Å². The van der Waals surface area contributed by atoms with E-state index in [1.165, 1.54) is 10.5 Å². The van der Waals surface area contributed by atoms with Crippen LogP contribution in [0.1, 0.15) is 25.1 Å². The van der Waals surface area contributed by atoms with Crippen molar-refractivity contribution < 1.29 is 0 Å². The molecule has 0 aliphatic heterocycles. The van der Waals surface area contributed by atoms with Crippen LogP contribution in [0.4, 0.5) is 0 Å². The highest BCUT2D eigenvalue weighted by atomic mass is 32.1. The molecular weight excluding hydrogens is 188 g/mol. The van der Waals surface area contributed by atoms with Crippen molar-refractivity contribution in [3.63, 3.8) is 0 Å². The van der Waals surface area contributed by atoms with Crippen molar-refractivity contribution in [3.8, 4) is 0 Å². The summed E-state index contributed by atoms with van der Waals surface area (Å²) in [6.45, 7) is 8.24. The van der Waals surface area contributed by atoms with Gasteiger partial charge >= 0.3 is 0 Å². The van der Waals surface area contributed by atoms with Crippen molar-refractivity contribution in [3.05, 3.63) is 52.8 Å². The largest absolute Gasteiger partial charge is 0.144 e. The van der Waals surface area contributed by atoms with Gasteiger partial charge in [-0.2, -0.15) is 0 Å². The van der Waals surface area contributed by atoms with E-state index in [2.05, 4.69) is 43.2 Å². The van der Waals surface area contributed by atoms with Crippen LogP contribution < -0.4 is 0 Å². The predicted octanol–water partition coefficient (Wildman–Crippen LogP) is 4.67. The Morgan fingerprint density at radius 1 is 1.57 bits per heavy atom. The highest BCUT2D eigenvalue weighted by molar-refractivity contribution is 7.11. The van der Waals surface area contributed by atoms with E-state index in [9.17, 15) is 0 Å². The summed E-state index contributed by atoms with van der Waals surface area (Å²) >= 11 is 1.76. The third-order valence-corrected chi connectivity index (χ3v) is 2.81. The minimum atomic E-state index is 1.05. The lowest BCUT2D eigenvalue weighted by Gasteiger charge is -2.04. The van der Waals surface area contributed by atoms with Gasteiger partial charge in [-0.1, -0.05) is 37.8 Å². The molecule has 0 N–H and O–H groups in total. The maximum Gasteiger partial charge on any atom is 0.0345 e. The summed E-state index contributed by atoms with van der Waals surface area (Å²) in [5.41, 5.74) is 2.36. The summed E-state index contributed by atoms with van der Waals surface area (Å²) in [5, 5.41) is 2.10. The second kappa shape index (κ2) is 5.61. The lowest BCUT2D eigenvalue weighted by atomic mass is 10.0. The minimum Gasteiger partial charge on any atom is -0.144 e. The first-order valence-corrected chi connectivity index (χ1v) is 5.73. The van der Waals surface area contributed by atoms with Crippen molar-refractivity contribution in [2.45, 2.75) is 20.3 Å². The maximum absolute atomic E-state index is 4.07. The van der Waals surface area contributed by atoms with Crippen LogP contribution in [-0.2, 0) is 0 Å². The first-order chi connectivity index (χ1) is 6.79. The maximum atomic E-state index is 4.07. The molecule has 0 amide bonds. The van der Waals surface area contributed by atoms with E-state index in [0.29, 0.717) is 0 Å². The molecule has 0 aliphatic rings. The molecule has 1 rings (SSSR count). The fourth-order valence-electron chi connectivity index (χ4n) is 1.32. The quantitative estimate of drug-likeness (QED) is 0.625. The molecule has 0 fully saturated rings. The van der Waals surface area contributed by atoms with Crippen LogP contribution in [0.3, 0.4) is 0 Å². The molecule has 0 bridgehead atoms. The molecule has 1 heterocycles. The van der Waals surface area contributed by atoms with Gasteiger partial charge in [0.2, 0.25) is 0 Å². The van der Waals surface area contributed by atoms with Crippen LogP contribution in [0.25, 0.3) is 5.57 Å². The first-order valence-electron chi connectivity index (χ1n) is 4.85. The van der Waals surface area contributed by atoms with Gasteiger partial charge in [-0.15, -0.1) is 11.3 Å². The summed E-state index contributed by atoms with van der Waals surface area (Å²) in [6, 6.07) is 4.22. The van der Waals surface area contributed by atoms with Crippen molar-refractivity contribution in [1.29, 1.82) is 0 Å². The third-order valence-electron chi connectivity index (χ3n) is 1.91. The summed E-state index contributed by atoms with van der Waals surface area (Å²) in [4.78, 5) is 1.30. The summed E-state index contributed by atoms with van der Waals surface area (Å²) < 4.78 is 0. The van der Waals surface area contributed by atoms with Gasteiger partial charge < -0.3 is 0 Å². The van der Waals surface area contributed by atoms with Gasteiger partial charge in [0.15, 0.2) is 0 Å². The highest BCUT2D eigenvalue weighted by Gasteiger charge is 2.03. The standard InChI is InChI=1S/C13H16S/c1-4-7-11(3)12(8-5-2)13-9-6-10-14-13/h4,6-10H,3,5H2,1-2H3/b7-4-,12-8+. The Balaban J connectivity index is 2.97. The molecule has 0 saturated carbocycles. The normalized spacial score (nSPS) is 12.3. The average molecular weight is 204 g/mol. The molecule has 0 aromatic carbocycles. The van der Waals surface area contributed by atoms with Gasteiger partial charge in [0.1, 0.15) is 0 Å². The fourth-order valence-corrected chi connectivity index (χ4v) is 2.12. The summed E-state index contributed by atoms with van der Waals surface area (Å²) in [6.07, 6.45) is 7.36. The first kappa shape index (κ1) is 11.0. The van der Waals surface area contributed by atoms with E-state index in [0.717, 1.165) is 12.0 Å². The zero-order valence-corrected chi connectivity index (χ0v) is 9.60. The molecule has 0 saturated heterocycles. The lowest BCUT2D eigenvalue weighted by Crippen LogP contribution is -1.82. The molecule has 0 atom stereocenters. The Kier molecular flexibility index (Phi) is 4.41. The Morgan fingerprint density at radius 3 is 2.86 bits per heavy atom. The zero-order valence-electron chi connectivity index (χ0n) is 8.79. The lowest BCUT2D eigenvalue weighted by molar-refractivity contribution is 1.23. The van der Waals surface area contributed by atoms with Gasteiger partial charge in [0.25, 0.3) is 0 Å². The van der Waals surface area contributed by atoms with E-state index in [4.69, 9.17) is 0 Å². The van der Waals surface area contributed by atoms with E-state index < -0.39 is 0 Å². The number of rotatable bonds is 4. The van der Waals surface area contributed by atoms with E-state index in [-0.39, 0.29) is 0 Å². The van der Waals surface area contributed by atoms with Crippen molar-refractivity contribution in [2.24, 2.45) is 0 Å². The molecule has 1 aromatic heterocycles. The second-order valence-electron chi connectivity index (χ2n) is 3.03. The molecule has 0 unspecified atom stereocenters. The molecular formula is C13H16S. The molecule has 0 aliphatic carbocycles. The van der Waals surface area contributed by atoms with E-state index in [1.54, 1.807) is 11.3 Å². The summed E-state index contributed by atoms with van der Waals surface area (Å²) in [5.74, 6) is 0. The predicted molar refractivity (Wildman–Crippen MR) is 66.5 cm³/mol. The monoisotopic (exact) mass is 204 g/mol. The minimum absolute atomic E-state index is 1.05. The van der Waals surface area contributed by atoms with Gasteiger partial charge in [-0.05, 0) is 35.9 Å². The SMILES string of the molecule is C=C(/C=C\C)/C(=C\CC)c1cccs1. The molecule has 1 aromatic rings. The number of hydrogen-bond donors (Lipinski definition) is 0. The molecule has 0 nitrogen and oxygen atoms in total. The Hall–Kier alpha value is -1.08. The van der Waals surface area contributed by atoms with Gasteiger partial charge in [0, 0.05) is 4.88 Å². The van der Waals surface area contributed by atoms with Crippen molar-refractivity contribution >= 4 is 16.9 Å². The number of thiophene rings is 1. The van der Waals surface area contributed by atoms with Gasteiger partial charge in [-0.25, -0.2) is 0 Å². The van der Waals surface area contributed by atoms with Crippen molar-refractivity contribution in [2.75, 3.05) is 0 Å². The smallest absolute Gasteiger partial charge is 0.0345 e. The number of hydrogen-bond acceptors (Lipinski definition) is 1. The molecule has 1 heteroatoms. The van der Waals surface area contributed by atoms with Gasteiger partial charge in [0.05, 0.1) is 0 Å². The second-order valence-corrected chi connectivity index (χ2v) is 3.98. The Labute approximate surface area is 90.3 Å². The molecule has 74 valence electrons. The topological polar surface area (TPSA) is 0 Å². The highest BCUT2D eigenvalue weighted by Crippen LogP contribution is 2.27. The summed E-state index contributed by atoms with van der Waals surface area (Å²) in [7, 11) is 0. The Morgan fingerprint density at radius 2 is 2.36 bits per heavy atom. The van der Waals surface area contributed by atoms with Crippen LogP contribution in [-0.4, -0.2) is 0 Å². The average Bonchev–Trinajstić information content (AvgIpc) is 2.67. The van der Waals surface area contributed by atoms with Gasteiger partial charge in [-0.3, -0.25) is 0 Å². The van der Waals surface area contributed by atoms with Crippen LogP contribution >= 0.6 is 11.3 Å². The number of allylic oxidation sites excluding steroid dienone is 5. The molecule has 0 spiro atoms. The van der Waals surface area contributed by atoms with Crippen LogP contribution in [0.2, 0.25) is 0 Å². The zero-order chi connectivity index (χ0) is 10.4. The Bertz CT molecular complexity index is 339. The van der Waals surface area contributed by atoms with E-state index in [1.807, 2.05) is 13.0 Å². The van der Waals surface area contributed by atoms with Crippen LogP contribution in [0.15, 0.2) is 47.9 Å².